The van der Waals surface area contributed by atoms with Crippen molar-refractivity contribution in [2.45, 2.75) is 13.5 Å². The van der Waals surface area contributed by atoms with E-state index >= 15 is 0 Å². The van der Waals surface area contributed by atoms with Crippen LogP contribution in [0.5, 0.6) is 0 Å². The van der Waals surface area contributed by atoms with Crippen LogP contribution in [-0.2, 0) is 6.54 Å². The van der Waals surface area contributed by atoms with Crippen LogP contribution in [0, 0.1) is 6.92 Å². The lowest BCUT2D eigenvalue weighted by Gasteiger charge is -2.09. The zero-order valence-corrected chi connectivity index (χ0v) is 11.4. The smallest absolute Gasteiger partial charge is 0.112 e. The van der Waals surface area contributed by atoms with Gasteiger partial charge in [0.1, 0.15) is 5.01 Å². The molecule has 0 radical (unpaired) electrons. The van der Waals surface area contributed by atoms with Gasteiger partial charge in [-0.05, 0) is 25.1 Å². The van der Waals surface area contributed by atoms with E-state index in [9.17, 15) is 0 Å². The van der Waals surface area contributed by atoms with E-state index in [1.165, 1.54) is 0 Å². The largest absolute Gasteiger partial charge is 0.398 e. The predicted octanol–water partition coefficient (Wildman–Crippen LogP) is 3.19. The van der Waals surface area contributed by atoms with Gasteiger partial charge in [0.2, 0.25) is 0 Å². The second-order valence-corrected chi connectivity index (χ2v) is 5.30. The molecule has 3 aromatic rings. The first-order valence-electron chi connectivity index (χ1n) is 6.01. The van der Waals surface area contributed by atoms with Crippen molar-refractivity contribution in [3.63, 3.8) is 0 Å². The van der Waals surface area contributed by atoms with Gasteiger partial charge in [0.05, 0.1) is 6.54 Å². The molecule has 96 valence electrons. The molecule has 0 saturated carbocycles. The highest BCUT2D eigenvalue weighted by atomic mass is 32.1. The molecule has 0 fully saturated rings. The first-order valence-corrected chi connectivity index (χ1v) is 6.89. The minimum atomic E-state index is 0.715. The molecule has 2 heterocycles. The lowest BCUT2D eigenvalue weighted by atomic mass is 10.1. The Morgan fingerprint density at radius 2 is 2.16 bits per heavy atom. The molecule has 0 saturated heterocycles. The Morgan fingerprint density at radius 3 is 2.95 bits per heavy atom. The van der Waals surface area contributed by atoms with Crippen LogP contribution in [0.1, 0.15) is 10.7 Å². The minimum Gasteiger partial charge on any atom is -0.398 e. The maximum Gasteiger partial charge on any atom is 0.112 e. The molecule has 0 atom stereocenters. The van der Waals surface area contributed by atoms with Crippen LogP contribution in [0.3, 0.4) is 0 Å². The van der Waals surface area contributed by atoms with Gasteiger partial charge in [-0.1, -0.05) is 0 Å². The summed E-state index contributed by atoms with van der Waals surface area (Å²) in [5.41, 5.74) is 8.83. The Labute approximate surface area is 115 Å². The number of nitrogen functional groups attached to an aromatic ring is 1. The number of rotatable bonds is 3. The van der Waals surface area contributed by atoms with Gasteiger partial charge in [-0.15, -0.1) is 11.3 Å². The van der Waals surface area contributed by atoms with E-state index in [0.717, 1.165) is 32.8 Å². The Bertz CT molecular complexity index is 720. The zero-order chi connectivity index (χ0) is 13.2. The van der Waals surface area contributed by atoms with Crippen molar-refractivity contribution in [3.8, 4) is 0 Å². The molecule has 0 amide bonds. The maximum atomic E-state index is 5.97. The molecule has 0 bridgehead atoms. The van der Waals surface area contributed by atoms with E-state index in [1.54, 1.807) is 17.5 Å². The highest BCUT2D eigenvalue weighted by Crippen LogP contribution is 2.27. The summed E-state index contributed by atoms with van der Waals surface area (Å²) in [5.74, 6) is 0. The Kier molecular flexibility index (Phi) is 3.05. The lowest BCUT2D eigenvalue weighted by Crippen LogP contribution is -2.00. The van der Waals surface area contributed by atoms with E-state index in [0.29, 0.717) is 6.54 Å². The summed E-state index contributed by atoms with van der Waals surface area (Å²) in [6, 6.07) is 5.83. The average Bonchev–Trinajstić information content (AvgIpc) is 2.84. The van der Waals surface area contributed by atoms with Crippen molar-refractivity contribution in [1.82, 2.24) is 9.97 Å². The fourth-order valence-corrected chi connectivity index (χ4v) is 2.73. The van der Waals surface area contributed by atoms with Crippen LogP contribution in [0.25, 0.3) is 10.8 Å². The number of nitrogens with two attached hydrogens (primary N) is 1. The van der Waals surface area contributed by atoms with Crippen LogP contribution in [0.15, 0.2) is 36.0 Å². The van der Waals surface area contributed by atoms with Gasteiger partial charge in [0, 0.05) is 45.6 Å². The maximum absolute atomic E-state index is 5.97. The molecule has 0 spiro atoms. The molecule has 4 nitrogen and oxygen atoms in total. The summed E-state index contributed by atoms with van der Waals surface area (Å²) < 4.78 is 0. The van der Waals surface area contributed by atoms with Crippen LogP contribution in [-0.4, -0.2) is 9.97 Å². The normalized spacial score (nSPS) is 10.8. The summed E-state index contributed by atoms with van der Waals surface area (Å²) >= 11 is 1.66. The number of nitrogens with zero attached hydrogens (tertiary/aromatic N) is 2. The third-order valence-electron chi connectivity index (χ3n) is 2.95. The summed E-state index contributed by atoms with van der Waals surface area (Å²) in [6.07, 6.45) is 3.59. The summed E-state index contributed by atoms with van der Waals surface area (Å²) in [6.45, 7) is 2.72. The number of fused-ring (bicyclic) bond motifs is 1. The number of hydrogen-bond donors (Lipinski definition) is 2. The van der Waals surface area contributed by atoms with Crippen molar-refractivity contribution in [3.05, 3.63) is 46.7 Å². The van der Waals surface area contributed by atoms with Crippen LogP contribution in [0.2, 0.25) is 0 Å². The molecule has 2 aromatic heterocycles. The average molecular weight is 270 g/mol. The van der Waals surface area contributed by atoms with Gasteiger partial charge in [-0.3, -0.25) is 4.98 Å². The number of nitrogens with one attached hydrogen (secondary N) is 1. The standard InChI is InChI=1S/C14H14N4S/c1-9-8-19-14(18-9)7-17-13-3-2-12(15)10-4-5-16-6-11(10)13/h2-6,8,17H,7,15H2,1H3. The molecular formula is C14H14N4S. The quantitative estimate of drug-likeness (QED) is 0.717. The number of thiazole rings is 1. The molecule has 0 aliphatic heterocycles. The summed E-state index contributed by atoms with van der Waals surface area (Å²) in [5, 5.41) is 8.59. The van der Waals surface area contributed by atoms with E-state index in [2.05, 4.69) is 20.7 Å². The monoisotopic (exact) mass is 270 g/mol. The van der Waals surface area contributed by atoms with Gasteiger partial charge < -0.3 is 11.1 Å². The van der Waals surface area contributed by atoms with Crippen molar-refractivity contribution in [2.75, 3.05) is 11.1 Å². The Balaban J connectivity index is 1.91. The minimum absolute atomic E-state index is 0.715. The van der Waals surface area contributed by atoms with E-state index in [4.69, 9.17) is 5.73 Å². The number of aryl methyl sites for hydroxylation is 1. The van der Waals surface area contributed by atoms with Gasteiger partial charge in [0.15, 0.2) is 0 Å². The van der Waals surface area contributed by atoms with Gasteiger partial charge in [0.25, 0.3) is 0 Å². The topological polar surface area (TPSA) is 63.8 Å². The number of anilines is 2. The lowest BCUT2D eigenvalue weighted by molar-refractivity contribution is 1.08. The molecule has 1 aromatic carbocycles. The first-order chi connectivity index (χ1) is 9.24. The van der Waals surface area contributed by atoms with Crippen molar-refractivity contribution < 1.29 is 0 Å². The van der Waals surface area contributed by atoms with Gasteiger partial charge >= 0.3 is 0 Å². The van der Waals surface area contributed by atoms with Gasteiger partial charge in [-0.2, -0.15) is 0 Å². The molecule has 0 unspecified atom stereocenters. The third kappa shape index (κ3) is 2.37. The molecular weight excluding hydrogens is 256 g/mol. The molecule has 3 N–H and O–H groups in total. The fraction of sp³-hybridized carbons (Fsp3) is 0.143. The summed E-state index contributed by atoms with van der Waals surface area (Å²) in [7, 11) is 0. The third-order valence-corrected chi connectivity index (χ3v) is 3.92. The highest BCUT2D eigenvalue weighted by molar-refractivity contribution is 7.09. The molecule has 0 aliphatic carbocycles. The van der Waals surface area contributed by atoms with E-state index in [-0.39, 0.29) is 0 Å². The van der Waals surface area contributed by atoms with E-state index in [1.807, 2.05) is 31.3 Å². The highest BCUT2D eigenvalue weighted by Gasteiger charge is 2.05. The van der Waals surface area contributed by atoms with Crippen molar-refractivity contribution in [2.24, 2.45) is 0 Å². The SMILES string of the molecule is Cc1csc(CNc2ccc(N)c3ccncc23)n1. The van der Waals surface area contributed by atoms with Crippen molar-refractivity contribution >= 4 is 33.5 Å². The molecule has 5 heteroatoms. The number of pyridine rings is 1. The zero-order valence-electron chi connectivity index (χ0n) is 10.6. The molecule has 0 aliphatic rings. The second kappa shape index (κ2) is 4.85. The van der Waals surface area contributed by atoms with Crippen LogP contribution >= 0.6 is 11.3 Å². The number of benzene rings is 1. The van der Waals surface area contributed by atoms with Crippen LogP contribution < -0.4 is 11.1 Å². The second-order valence-electron chi connectivity index (χ2n) is 4.36. The molecule has 19 heavy (non-hydrogen) atoms. The number of aromatic nitrogens is 2. The number of hydrogen-bond acceptors (Lipinski definition) is 5. The van der Waals surface area contributed by atoms with Crippen LogP contribution in [0.4, 0.5) is 11.4 Å². The molecule has 3 rings (SSSR count). The Hall–Kier alpha value is -2.14. The Morgan fingerprint density at radius 1 is 1.26 bits per heavy atom. The fourth-order valence-electron chi connectivity index (χ4n) is 2.02. The summed E-state index contributed by atoms with van der Waals surface area (Å²) in [4.78, 5) is 8.60. The van der Waals surface area contributed by atoms with E-state index < -0.39 is 0 Å². The predicted molar refractivity (Wildman–Crippen MR) is 80.3 cm³/mol. The van der Waals surface area contributed by atoms with Crippen molar-refractivity contribution in [1.29, 1.82) is 0 Å². The first kappa shape index (κ1) is 11.9. The van der Waals surface area contributed by atoms with Gasteiger partial charge in [-0.25, -0.2) is 4.98 Å².